The van der Waals surface area contributed by atoms with Crippen LogP contribution in [0.3, 0.4) is 0 Å². The maximum Gasteiger partial charge on any atom is 0.325 e. The first kappa shape index (κ1) is 13.6. The number of anilines is 1. The van der Waals surface area contributed by atoms with Crippen LogP contribution in [-0.2, 0) is 9.53 Å². The van der Waals surface area contributed by atoms with E-state index in [9.17, 15) is 4.79 Å². The van der Waals surface area contributed by atoms with E-state index in [4.69, 9.17) is 4.74 Å². The normalized spacial score (nSPS) is 11.0. The summed E-state index contributed by atoms with van der Waals surface area (Å²) in [6, 6.07) is 9.62. The number of benzene rings is 1. The lowest BCUT2D eigenvalue weighted by molar-refractivity contribution is -0.142. The number of carbonyl (C=O) groups excluding carboxylic acids is 1. The Morgan fingerprint density at radius 3 is 2.47 bits per heavy atom. The van der Waals surface area contributed by atoms with Gasteiger partial charge in [0.25, 0.3) is 0 Å². The molecule has 0 radical (unpaired) electrons. The molecule has 0 amide bonds. The number of esters is 1. The number of hydrogen-bond acceptors (Lipinski definition) is 3. The van der Waals surface area contributed by atoms with Crippen molar-refractivity contribution in [2.45, 2.75) is 27.2 Å². The quantitative estimate of drug-likeness (QED) is 0.797. The summed E-state index contributed by atoms with van der Waals surface area (Å²) < 4.78 is 5.14. The van der Waals surface area contributed by atoms with Crippen molar-refractivity contribution in [3.05, 3.63) is 30.3 Å². The van der Waals surface area contributed by atoms with Gasteiger partial charge in [-0.15, -0.1) is 0 Å². The zero-order valence-electron chi connectivity index (χ0n) is 10.8. The average Bonchev–Trinajstić information content (AvgIpc) is 2.26. The van der Waals surface area contributed by atoms with E-state index in [2.05, 4.69) is 26.1 Å². The SMILES string of the molecule is CC(C)(C)CCOC(=O)CNc1ccccc1. The van der Waals surface area contributed by atoms with Gasteiger partial charge in [-0.3, -0.25) is 4.79 Å². The van der Waals surface area contributed by atoms with Crippen LogP contribution in [0.25, 0.3) is 0 Å². The molecule has 1 aromatic carbocycles. The molecule has 0 unspecified atom stereocenters. The van der Waals surface area contributed by atoms with E-state index in [1.165, 1.54) is 0 Å². The van der Waals surface area contributed by atoms with Crippen LogP contribution in [0.15, 0.2) is 30.3 Å². The van der Waals surface area contributed by atoms with E-state index in [-0.39, 0.29) is 17.9 Å². The van der Waals surface area contributed by atoms with E-state index >= 15 is 0 Å². The zero-order valence-corrected chi connectivity index (χ0v) is 10.8. The second kappa shape index (κ2) is 6.28. The highest BCUT2D eigenvalue weighted by atomic mass is 16.5. The Kier molecular flexibility index (Phi) is 5.01. The number of carbonyl (C=O) groups is 1. The Morgan fingerprint density at radius 1 is 1.24 bits per heavy atom. The van der Waals surface area contributed by atoms with E-state index in [1.807, 2.05) is 30.3 Å². The number of nitrogens with one attached hydrogen (secondary N) is 1. The Hall–Kier alpha value is -1.51. The van der Waals surface area contributed by atoms with Crippen molar-refractivity contribution in [3.8, 4) is 0 Å². The molecule has 0 fully saturated rings. The van der Waals surface area contributed by atoms with Crippen molar-refractivity contribution in [3.63, 3.8) is 0 Å². The first-order valence-corrected chi connectivity index (χ1v) is 5.92. The van der Waals surface area contributed by atoms with Gasteiger partial charge in [0.05, 0.1) is 6.61 Å². The third kappa shape index (κ3) is 6.61. The van der Waals surface area contributed by atoms with Gasteiger partial charge >= 0.3 is 5.97 Å². The predicted octanol–water partition coefficient (Wildman–Crippen LogP) is 3.08. The van der Waals surface area contributed by atoms with E-state index in [0.29, 0.717) is 6.61 Å². The van der Waals surface area contributed by atoms with Crippen LogP contribution >= 0.6 is 0 Å². The summed E-state index contributed by atoms with van der Waals surface area (Å²) >= 11 is 0. The van der Waals surface area contributed by atoms with Crippen LogP contribution in [0.2, 0.25) is 0 Å². The molecule has 0 aromatic heterocycles. The number of ether oxygens (including phenoxy) is 1. The molecule has 0 aliphatic rings. The summed E-state index contributed by atoms with van der Waals surface area (Å²) in [5.74, 6) is -0.210. The Morgan fingerprint density at radius 2 is 1.88 bits per heavy atom. The van der Waals surface area contributed by atoms with Crippen molar-refractivity contribution >= 4 is 11.7 Å². The lowest BCUT2D eigenvalue weighted by Crippen LogP contribution is -2.19. The molecule has 94 valence electrons. The third-order valence-electron chi connectivity index (χ3n) is 2.33. The average molecular weight is 235 g/mol. The van der Waals surface area contributed by atoms with E-state index < -0.39 is 0 Å². The van der Waals surface area contributed by atoms with Gasteiger partial charge < -0.3 is 10.1 Å². The molecule has 1 N–H and O–H groups in total. The molecule has 0 bridgehead atoms. The van der Waals surface area contributed by atoms with Crippen LogP contribution in [-0.4, -0.2) is 19.1 Å². The first-order chi connectivity index (χ1) is 7.97. The summed E-state index contributed by atoms with van der Waals surface area (Å²) in [5.41, 5.74) is 1.13. The van der Waals surface area contributed by atoms with Gasteiger partial charge in [0.15, 0.2) is 0 Å². The third-order valence-corrected chi connectivity index (χ3v) is 2.33. The maximum atomic E-state index is 11.4. The molecular weight excluding hydrogens is 214 g/mol. The smallest absolute Gasteiger partial charge is 0.325 e. The van der Waals surface area contributed by atoms with Crippen LogP contribution in [0.4, 0.5) is 5.69 Å². The fraction of sp³-hybridized carbons (Fsp3) is 0.500. The molecule has 17 heavy (non-hydrogen) atoms. The number of rotatable bonds is 5. The largest absolute Gasteiger partial charge is 0.464 e. The van der Waals surface area contributed by atoms with Crippen molar-refractivity contribution < 1.29 is 9.53 Å². The minimum absolute atomic E-state index is 0.202. The topological polar surface area (TPSA) is 38.3 Å². The van der Waals surface area contributed by atoms with Crippen LogP contribution in [0, 0.1) is 5.41 Å². The van der Waals surface area contributed by atoms with E-state index in [0.717, 1.165) is 12.1 Å². The lowest BCUT2D eigenvalue weighted by Gasteiger charge is -2.17. The van der Waals surface area contributed by atoms with Gasteiger partial charge in [0.1, 0.15) is 6.54 Å². The molecule has 1 rings (SSSR count). The number of para-hydroxylation sites is 1. The summed E-state index contributed by atoms with van der Waals surface area (Å²) in [6.07, 6.45) is 0.879. The predicted molar refractivity (Wildman–Crippen MR) is 70.0 cm³/mol. The van der Waals surface area contributed by atoms with Crippen LogP contribution in [0.1, 0.15) is 27.2 Å². The molecule has 0 saturated carbocycles. The van der Waals surface area contributed by atoms with Crippen molar-refractivity contribution in [2.24, 2.45) is 5.41 Å². The van der Waals surface area contributed by atoms with Gasteiger partial charge in [-0.25, -0.2) is 0 Å². The molecule has 0 aliphatic heterocycles. The standard InChI is InChI=1S/C14H21NO2/c1-14(2,3)9-10-17-13(16)11-15-12-7-5-4-6-8-12/h4-8,15H,9-11H2,1-3H3. The highest BCUT2D eigenvalue weighted by Gasteiger charge is 2.11. The highest BCUT2D eigenvalue weighted by Crippen LogP contribution is 2.17. The highest BCUT2D eigenvalue weighted by molar-refractivity contribution is 5.74. The molecule has 0 heterocycles. The molecule has 1 aromatic rings. The lowest BCUT2D eigenvalue weighted by atomic mass is 9.93. The molecule has 3 heteroatoms. The minimum atomic E-state index is -0.210. The maximum absolute atomic E-state index is 11.4. The summed E-state index contributed by atoms with van der Waals surface area (Å²) in [7, 11) is 0. The monoisotopic (exact) mass is 235 g/mol. The fourth-order valence-corrected chi connectivity index (χ4v) is 1.25. The van der Waals surface area contributed by atoms with E-state index in [1.54, 1.807) is 0 Å². The summed E-state index contributed by atoms with van der Waals surface area (Å²) in [6.45, 7) is 7.09. The Bertz CT molecular complexity index is 341. The molecule has 0 aliphatic carbocycles. The summed E-state index contributed by atoms with van der Waals surface area (Å²) in [5, 5.41) is 3.02. The van der Waals surface area contributed by atoms with Gasteiger partial charge in [0.2, 0.25) is 0 Å². The molecule has 3 nitrogen and oxygen atoms in total. The van der Waals surface area contributed by atoms with Crippen molar-refractivity contribution in [1.29, 1.82) is 0 Å². The van der Waals surface area contributed by atoms with Gasteiger partial charge in [-0.2, -0.15) is 0 Å². The minimum Gasteiger partial charge on any atom is -0.464 e. The van der Waals surface area contributed by atoms with Crippen LogP contribution < -0.4 is 5.32 Å². The van der Waals surface area contributed by atoms with Crippen molar-refractivity contribution in [2.75, 3.05) is 18.5 Å². The molecule has 0 saturated heterocycles. The molecule has 0 atom stereocenters. The van der Waals surface area contributed by atoms with Crippen molar-refractivity contribution in [1.82, 2.24) is 0 Å². The Balaban J connectivity index is 2.18. The second-order valence-corrected chi connectivity index (χ2v) is 5.25. The first-order valence-electron chi connectivity index (χ1n) is 5.92. The van der Waals surface area contributed by atoms with Crippen LogP contribution in [0.5, 0.6) is 0 Å². The zero-order chi connectivity index (χ0) is 12.7. The van der Waals surface area contributed by atoms with Gasteiger partial charge in [0, 0.05) is 5.69 Å². The number of hydrogen-bond donors (Lipinski definition) is 1. The Labute approximate surface area is 103 Å². The molecule has 0 spiro atoms. The summed E-state index contributed by atoms with van der Waals surface area (Å²) in [4.78, 5) is 11.4. The second-order valence-electron chi connectivity index (χ2n) is 5.25. The van der Waals surface area contributed by atoms with Gasteiger partial charge in [-0.05, 0) is 24.0 Å². The fourth-order valence-electron chi connectivity index (χ4n) is 1.25. The van der Waals surface area contributed by atoms with Gasteiger partial charge in [-0.1, -0.05) is 39.0 Å². The molecular formula is C14H21NO2.